The summed E-state index contributed by atoms with van der Waals surface area (Å²) in [5.74, 6) is 3.40. The Morgan fingerprint density at radius 3 is 2.48 bits per heavy atom. The molecule has 1 fully saturated rings. The predicted octanol–water partition coefficient (Wildman–Crippen LogP) is 4.18. The first kappa shape index (κ1) is 16.2. The largest absolute Gasteiger partial charge is 0.496 e. The van der Waals surface area contributed by atoms with Crippen molar-refractivity contribution in [3.63, 3.8) is 0 Å². The molecule has 1 aromatic rings. The molecule has 3 nitrogen and oxygen atoms in total. The molecule has 0 aliphatic heterocycles. The molecule has 1 saturated carbocycles. The van der Waals surface area contributed by atoms with Crippen LogP contribution >= 0.6 is 0 Å². The van der Waals surface area contributed by atoms with Crippen LogP contribution in [-0.2, 0) is 0 Å². The minimum atomic E-state index is 0.205. The van der Waals surface area contributed by atoms with Crippen molar-refractivity contribution in [2.24, 2.45) is 11.8 Å². The number of rotatable bonds is 5. The zero-order valence-corrected chi connectivity index (χ0v) is 14.0. The van der Waals surface area contributed by atoms with Crippen molar-refractivity contribution >= 4 is 0 Å². The third-order valence-corrected chi connectivity index (χ3v) is 4.96. The first-order valence-corrected chi connectivity index (χ1v) is 8.07. The van der Waals surface area contributed by atoms with Crippen LogP contribution in [0.3, 0.4) is 0 Å². The van der Waals surface area contributed by atoms with E-state index >= 15 is 0 Å². The molecule has 0 saturated heterocycles. The molecule has 21 heavy (non-hydrogen) atoms. The van der Waals surface area contributed by atoms with Gasteiger partial charge in [-0.2, -0.15) is 0 Å². The van der Waals surface area contributed by atoms with Gasteiger partial charge >= 0.3 is 0 Å². The van der Waals surface area contributed by atoms with E-state index in [-0.39, 0.29) is 6.04 Å². The molecule has 0 bridgehead atoms. The molecule has 0 amide bonds. The van der Waals surface area contributed by atoms with Crippen molar-refractivity contribution in [3.05, 3.63) is 23.8 Å². The highest BCUT2D eigenvalue weighted by Crippen LogP contribution is 2.37. The van der Waals surface area contributed by atoms with Gasteiger partial charge in [-0.05, 0) is 57.2 Å². The lowest BCUT2D eigenvalue weighted by Gasteiger charge is -2.33. The number of ether oxygens (including phenoxy) is 2. The molecule has 1 aliphatic carbocycles. The molecular formula is C18H29NO2. The summed E-state index contributed by atoms with van der Waals surface area (Å²) < 4.78 is 11.9. The summed E-state index contributed by atoms with van der Waals surface area (Å²) in [4.78, 5) is 0. The fourth-order valence-electron chi connectivity index (χ4n) is 3.16. The highest BCUT2D eigenvalue weighted by Gasteiger charge is 2.27. The summed E-state index contributed by atoms with van der Waals surface area (Å²) in [5.41, 5.74) is 1.12. The van der Waals surface area contributed by atoms with Crippen LogP contribution in [0, 0.1) is 11.8 Å². The molecular weight excluding hydrogens is 262 g/mol. The van der Waals surface area contributed by atoms with Gasteiger partial charge in [-0.1, -0.05) is 19.9 Å². The normalized spacial score (nSPS) is 27.2. The lowest BCUT2D eigenvalue weighted by molar-refractivity contribution is 0.0989. The van der Waals surface area contributed by atoms with Crippen LogP contribution in [0.25, 0.3) is 0 Å². The van der Waals surface area contributed by atoms with Gasteiger partial charge in [0.25, 0.3) is 0 Å². The molecule has 0 spiro atoms. The fourth-order valence-corrected chi connectivity index (χ4v) is 3.16. The maximum atomic E-state index is 6.35. The van der Waals surface area contributed by atoms with Gasteiger partial charge in [-0.3, -0.25) is 0 Å². The van der Waals surface area contributed by atoms with Gasteiger partial charge in [0.2, 0.25) is 0 Å². The Hall–Kier alpha value is -1.22. The van der Waals surface area contributed by atoms with Gasteiger partial charge in [0.1, 0.15) is 11.5 Å². The lowest BCUT2D eigenvalue weighted by atomic mass is 9.80. The second-order valence-corrected chi connectivity index (χ2v) is 6.39. The highest BCUT2D eigenvalue weighted by atomic mass is 16.5. The van der Waals surface area contributed by atoms with E-state index in [0.29, 0.717) is 6.10 Å². The molecule has 3 heteroatoms. The maximum absolute atomic E-state index is 6.35. The van der Waals surface area contributed by atoms with Gasteiger partial charge in [-0.25, -0.2) is 0 Å². The Balaban J connectivity index is 2.19. The third kappa shape index (κ3) is 3.70. The van der Waals surface area contributed by atoms with Crippen LogP contribution in [0.15, 0.2) is 18.2 Å². The Kier molecular flexibility index (Phi) is 5.51. The van der Waals surface area contributed by atoms with E-state index in [4.69, 9.17) is 9.47 Å². The molecule has 0 heterocycles. The zero-order valence-electron chi connectivity index (χ0n) is 14.0. The first-order chi connectivity index (χ1) is 10.1. The average Bonchev–Trinajstić information content (AvgIpc) is 2.50. The Labute approximate surface area is 129 Å². The van der Waals surface area contributed by atoms with Crippen molar-refractivity contribution in [1.82, 2.24) is 5.32 Å². The van der Waals surface area contributed by atoms with Gasteiger partial charge < -0.3 is 14.8 Å². The molecule has 1 N–H and O–H groups in total. The number of methoxy groups -OCH3 is 1. The first-order valence-electron chi connectivity index (χ1n) is 8.07. The van der Waals surface area contributed by atoms with E-state index in [1.54, 1.807) is 7.11 Å². The van der Waals surface area contributed by atoms with E-state index in [9.17, 15) is 0 Å². The van der Waals surface area contributed by atoms with Crippen molar-refractivity contribution in [1.29, 1.82) is 0 Å². The summed E-state index contributed by atoms with van der Waals surface area (Å²) in [6.07, 6.45) is 3.88. The highest BCUT2D eigenvalue weighted by molar-refractivity contribution is 5.46. The smallest absolute Gasteiger partial charge is 0.128 e. The van der Waals surface area contributed by atoms with Crippen molar-refractivity contribution < 1.29 is 9.47 Å². The van der Waals surface area contributed by atoms with Gasteiger partial charge in [0.15, 0.2) is 0 Å². The van der Waals surface area contributed by atoms with Crippen LogP contribution in [0.1, 0.15) is 51.6 Å². The molecule has 1 aromatic carbocycles. The number of hydrogen-bond acceptors (Lipinski definition) is 3. The zero-order chi connectivity index (χ0) is 15.4. The van der Waals surface area contributed by atoms with Gasteiger partial charge in [0, 0.05) is 6.04 Å². The molecule has 0 radical (unpaired) electrons. The topological polar surface area (TPSA) is 30.5 Å². The van der Waals surface area contributed by atoms with Crippen LogP contribution in [0.2, 0.25) is 0 Å². The number of hydrogen-bond donors (Lipinski definition) is 1. The number of nitrogens with one attached hydrogen (secondary N) is 1. The second kappa shape index (κ2) is 7.17. The standard InChI is InChI=1S/C18H29NO2/c1-12-9-10-15(11-13(12)2)21-17-8-6-7-16(20-5)18(17)14(3)19-4/h6-8,12-15,19H,9-11H2,1-5H3. The van der Waals surface area contributed by atoms with Crippen LogP contribution in [0.4, 0.5) is 0 Å². The van der Waals surface area contributed by atoms with E-state index in [1.807, 2.05) is 19.2 Å². The van der Waals surface area contributed by atoms with Crippen molar-refractivity contribution in [2.75, 3.05) is 14.2 Å². The second-order valence-electron chi connectivity index (χ2n) is 6.39. The Bertz CT molecular complexity index is 461. The molecule has 0 aromatic heterocycles. The van der Waals surface area contributed by atoms with E-state index in [1.165, 1.54) is 6.42 Å². The predicted molar refractivity (Wildman–Crippen MR) is 87.1 cm³/mol. The number of benzene rings is 1. The minimum Gasteiger partial charge on any atom is -0.496 e. The molecule has 2 rings (SSSR count). The molecule has 118 valence electrons. The maximum Gasteiger partial charge on any atom is 0.128 e. The van der Waals surface area contributed by atoms with Gasteiger partial charge in [-0.15, -0.1) is 0 Å². The monoisotopic (exact) mass is 291 g/mol. The molecule has 4 unspecified atom stereocenters. The summed E-state index contributed by atoms with van der Waals surface area (Å²) in [7, 11) is 3.68. The van der Waals surface area contributed by atoms with Crippen molar-refractivity contribution in [3.8, 4) is 11.5 Å². The lowest BCUT2D eigenvalue weighted by Crippen LogP contribution is -2.29. The summed E-state index contributed by atoms with van der Waals surface area (Å²) >= 11 is 0. The van der Waals surface area contributed by atoms with Crippen molar-refractivity contribution in [2.45, 2.75) is 52.2 Å². The summed E-state index contributed by atoms with van der Waals surface area (Å²) in [6, 6.07) is 6.28. The van der Waals surface area contributed by atoms with Crippen LogP contribution in [0.5, 0.6) is 11.5 Å². The summed E-state index contributed by atoms with van der Waals surface area (Å²) in [6.45, 7) is 6.82. The minimum absolute atomic E-state index is 0.205. The van der Waals surface area contributed by atoms with Crippen LogP contribution in [-0.4, -0.2) is 20.3 Å². The molecule has 1 aliphatic rings. The Morgan fingerprint density at radius 2 is 1.86 bits per heavy atom. The third-order valence-electron chi connectivity index (χ3n) is 4.96. The van der Waals surface area contributed by atoms with Gasteiger partial charge in [0.05, 0.1) is 18.8 Å². The Morgan fingerprint density at radius 1 is 1.14 bits per heavy atom. The summed E-state index contributed by atoms with van der Waals surface area (Å²) in [5, 5.41) is 3.29. The molecule has 4 atom stereocenters. The van der Waals surface area contributed by atoms with E-state index in [0.717, 1.165) is 41.7 Å². The van der Waals surface area contributed by atoms with E-state index in [2.05, 4.69) is 32.2 Å². The quantitative estimate of drug-likeness (QED) is 0.883. The average molecular weight is 291 g/mol. The fraction of sp³-hybridized carbons (Fsp3) is 0.667. The SMILES string of the molecule is CNC(C)c1c(OC)cccc1OC1CCC(C)C(C)C1. The van der Waals surface area contributed by atoms with E-state index < -0.39 is 0 Å². The van der Waals surface area contributed by atoms with Crippen LogP contribution < -0.4 is 14.8 Å².